The molecule has 0 spiro atoms. The van der Waals surface area contributed by atoms with Crippen LogP contribution in [0.25, 0.3) is 33.3 Å². The molecule has 12 heteroatoms. The Morgan fingerprint density at radius 1 is 1.20 bits per heavy atom. The quantitative estimate of drug-likeness (QED) is 0.199. The van der Waals surface area contributed by atoms with Crippen molar-refractivity contribution >= 4 is 33.7 Å². The van der Waals surface area contributed by atoms with Gasteiger partial charge in [0.1, 0.15) is 28.3 Å². The van der Waals surface area contributed by atoms with Crippen LogP contribution in [0.3, 0.4) is 0 Å². The lowest BCUT2D eigenvalue weighted by molar-refractivity contribution is -0.126. The highest BCUT2D eigenvalue weighted by molar-refractivity contribution is 5.94. The number of aromatic nitrogens is 5. The SMILES string of the molecule is C=CC(=O)N1CCN(c2nc(=O)n(Cc3c(C)ccnc3C(C)C)c3nc(-c4c(F)ncc5ccoc45)c(F)cc23)[C@@H](C)C1. The third-order valence-corrected chi connectivity index (χ3v) is 8.14. The molecule has 1 aliphatic rings. The molecule has 1 atom stereocenters. The highest BCUT2D eigenvalue weighted by Crippen LogP contribution is 2.35. The van der Waals surface area contributed by atoms with Gasteiger partial charge in [0.2, 0.25) is 11.9 Å². The van der Waals surface area contributed by atoms with Crippen molar-refractivity contribution in [3.05, 3.63) is 88.6 Å². The summed E-state index contributed by atoms with van der Waals surface area (Å²) < 4.78 is 38.2. The van der Waals surface area contributed by atoms with Gasteiger partial charge in [0, 0.05) is 49.1 Å². The van der Waals surface area contributed by atoms with E-state index in [4.69, 9.17) is 4.42 Å². The van der Waals surface area contributed by atoms with Crippen LogP contribution in [0.15, 0.2) is 58.7 Å². The second-order valence-electron chi connectivity index (χ2n) is 11.3. The van der Waals surface area contributed by atoms with E-state index in [2.05, 4.69) is 26.5 Å². The minimum Gasteiger partial charge on any atom is -0.463 e. The molecule has 0 aliphatic carbocycles. The second-order valence-corrected chi connectivity index (χ2v) is 11.3. The molecular formula is C32H31F2N7O3. The van der Waals surface area contributed by atoms with Crippen LogP contribution in [0.5, 0.6) is 0 Å². The van der Waals surface area contributed by atoms with Crippen molar-refractivity contribution in [2.75, 3.05) is 24.5 Å². The molecule has 44 heavy (non-hydrogen) atoms. The monoisotopic (exact) mass is 599 g/mol. The Bertz CT molecular complexity index is 2000. The lowest BCUT2D eigenvalue weighted by atomic mass is 9.99. The fourth-order valence-corrected chi connectivity index (χ4v) is 5.87. The molecule has 0 N–H and O–H groups in total. The molecular weight excluding hydrogens is 568 g/mol. The first kappa shape index (κ1) is 29.1. The summed E-state index contributed by atoms with van der Waals surface area (Å²) in [5, 5.41) is 0.748. The van der Waals surface area contributed by atoms with Gasteiger partial charge in [-0.2, -0.15) is 9.37 Å². The minimum atomic E-state index is -0.955. The Hall–Kier alpha value is -5.00. The molecule has 1 saturated heterocycles. The Morgan fingerprint density at radius 3 is 2.73 bits per heavy atom. The lowest BCUT2D eigenvalue weighted by Crippen LogP contribution is -2.54. The summed E-state index contributed by atoms with van der Waals surface area (Å²) >= 11 is 0. The number of furan rings is 1. The van der Waals surface area contributed by atoms with Crippen molar-refractivity contribution in [1.29, 1.82) is 0 Å². The summed E-state index contributed by atoms with van der Waals surface area (Å²) in [5.74, 6) is -1.68. The first-order valence-corrected chi connectivity index (χ1v) is 14.3. The molecule has 1 fully saturated rings. The van der Waals surface area contributed by atoms with Gasteiger partial charge in [-0.15, -0.1) is 0 Å². The van der Waals surface area contributed by atoms with Crippen molar-refractivity contribution in [3.8, 4) is 11.3 Å². The van der Waals surface area contributed by atoms with Gasteiger partial charge in [0.25, 0.3) is 0 Å². The number of pyridine rings is 3. The molecule has 5 aromatic rings. The molecule has 6 heterocycles. The maximum Gasteiger partial charge on any atom is 0.351 e. The molecule has 0 unspecified atom stereocenters. The fourth-order valence-electron chi connectivity index (χ4n) is 5.87. The Kier molecular flexibility index (Phi) is 7.44. The van der Waals surface area contributed by atoms with Gasteiger partial charge in [-0.1, -0.05) is 20.4 Å². The van der Waals surface area contributed by atoms with Gasteiger partial charge in [-0.25, -0.2) is 19.2 Å². The Labute approximate surface area is 251 Å². The van der Waals surface area contributed by atoms with E-state index in [-0.39, 0.29) is 58.1 Å². The normalized spacial score (nSPS) is 15.5. The number of aryl methyl sites for hydroxylation is 1. The Balaban J connectivity index is 1.60. The highest BCUT2D eigenvalue weighted by Gasteiger charge is 2.30. The Morgan fingerprint density at radius 2 is 2.00 bits per heavy atom. The van der Waals surface area contributed by atoms with Crippen LogP contribution in [0.2, 0.25) is 0 Å². The van der Waals surface area contributed by atoms with Crippen molar-refractivity contribution in [3.63, 3.8) is 0 Å². The molecule has 0 saturated carbocycles. The van der Waals surface area contributed by atoms with Crippen molar-refractivity contribution in [1.82, 2.24) is 29.4 Å². The number of carbonyl (C=O) groups is 1. The molecule has 1 amide bonds. The smallest absolute Gasteiger partial charge is 0.351 e. The number of rotatable bonds is 6. The lowest BCUT2D eigenvalue weighted by Gasteiger charge is -2.40. The van der Waals surface area contributed by atoms with Crippen LogP contribution in [0.1, 0.15) is 43.5 Å². The van der Waals surface area contributed by atoms with Gasteiger partial charge >= 0.3 is 5.69 Å². The molecule has 0 aromatic carbocycles. The van der Waals surface area contributed by atoms with Gasteiger partial charge in [0.15, 0.2) is 5.82 Å². The maximum absolute atomic E-state index is 16.1. The predicted molar refractivity (Wildman–Crippen MR) is 162 cm³/mol. The summed E-state index contributed by atoms with van der Waals surface area (Å²) in [5.41, 5.74) is 1.57. The molecule has 5 aromatic heterocycles. The third-order valence-electron chi connectivity index (χ3n) is 8.14. The van der Waals surface area contributed by atoms with Crippen molar-refractivity contribution < 1.29 is 18.0 Å². The van der Waals surface area contributed by atoms with E-state index >= 15 is 8.78 Å². The average molecular weight is 600 g/mol. The first-order chi connectivity index (χ1) is 21.1. The van der Waals surface area contributed by atoms with E-state index in [1.165, 1.54) is 29.2 Å². The molecule has 1 aliphatic heterocycles. The minimum absolute atomic E-state index is 0.0622. The molecule has 226 valence electrons. The number of hydrogen-bond donors (Lipinski definition) is 0. The van der Waals surface area contributed by atoms with Gasteiger partial charge in [-0.3, -0.25) is 14.3 Å². The third kappa shape index (κ3) is 4.89. The number of piperazine rings is 1. The first-order valence-electron chi connectivity index (χ1n) is 14.3. The van der Waals surface area contributed by atoms with Crippen LogP contribution in [-0.4, -0.2) is 61.0 Å². The van der Waals surface area contributed by atoms with Crippen LogP contribution in [-0.2, 0) is 11.3 Å². The zero-order valence-electron chi connectivity index (χ0n) is 24.8. The van der Waals surface area contributed by atoms with E-state index in [9.17, 15) is 9.59 Å². The summed E-state index contributed by atoms with van der Waals surface area (Å²) in [6.07, 6.45) is 5.64. The number of halogens is 2. The zero-order chi connectivity index (χ0) is 31.3. The standard InChI is InChI=1S/C32H31F2N7O3/c1-6-24(42)39-10-11-40(19(5)15-39)31-21-13-23(33)27(25-28-20(8-12-44-28)14-36-29(25)34)37-30(21)41(32(43)38-31)16-22-18(4)7-9-35-26(22)17(2)3/h6-9,12-14,17,19H,1,10-11,15-16H2,2-5H3/t19-/m0/s1. The van der Waals surface area contributed by atoms with E-state index in [0.717, 1.165) is 16.8 Å². The van der Waals surface area contributed by atoms with Crippen LogP contribution in [0, 0.1) is 18.7 Å². The van der Waals surface area contributed by atoms with Crippen LogP contribution < -0.4 is 10.6 Å². The maximum atomic E-state index is 16.1. The number of anilines is 1. The number of hydrogen-bond acceptors (Lipinski definition) is 8. The van der Waals surface area contributed by atoms with E-state index < -0.39 is 17.5 Å². The van der Waals surface area contributed by atoms with Crippen LogP contribution in [0.4, 0.5) is 14.6 Å². The topological polar surface area (TPSA) is 110 Å². The van der Waals surface area contributed by atoms with E-state index in [1.54, 1.807) is 17.2 Å². The van der Waals surface area contributed by atoms with Gasteiger partial charge < -0.3 is 14.2 Å². The predicted octanol–water partition coefficient (Wildman–Crippen LogP) is 4.98. The van der Waals surface area contributed by atoms with Gasteiger partial charge in [0.05, 0.1) is 18.2 Å². The summed E-state index contributed by atoms with van der Waals surface area (Å²) in [6, 6.07) is 4.43. The summed E-state index contributed by atoms with van der Waals surface area (Å²) in [7, 11) is 0. The number of amides is 1. The largest absolute Gasteiger partial charge is 0.463 e. The summed E-state index contributed by atoms with van der Waals surface area (Å²) in [4.78, 5) is 47.1. The van der Waals surface area contributed by atoms with E-state index in [0.29, 0.717) is 25.0 Å². The zero-order valence-corrected chi connectivity index (χ0v) is 24.8. The van der Waals surface area contributed by atoms with Crippen molar-refractivity contribution in [2.24, 2.45) is 0 Å². The van der Waals surface area contributed by atoms with Gasteiger partial charge in [-0.05, 0) is 55.2 Å². The summed E-state index contributed by atoms with van der Waals surface area (Å²) in [6.45, 7) is 12.5. The highest BCUT2D eigenvalue weighted by atomic mass is 19.1. The second kappa shape index (κ2) is 11.3. The average Bonchev–Trinajstić information content (AvgIpc) is 3.47. The van der Waals surface area contributed by atoms with Crippen molar-refractivity contribution in [2.45, 2.75) is 46.2 Å². The molecule has 10 nitrogen and oxygen atoms in total. The van der Waals surface area contributed by atoms with E-state index in [1.807, 2.05) is 38.7 Å². The molecule has 6 rings (SSSR count). The molecule has 0 radical (unpaired) electrons. The number of nitrogens with zero attached hydrogens (tertiary/aromatic N) is 7. The number of carbonyl (C=O) groups excluding carboxylic acids is 1. The molecule has 0 bridgehead atoms. The fraction of sp³-hybridized carbons (Fsp3) is 0.312. The van der Waals surface area contributed by atoms with Crippen LogP contribution >= 0.6 is 0 Å². The number of fused-ring (bicyclic) bond motifs is 2.